The highest BCUT2D eigenvalue weighted by molar-refractivity contribution is 4.97. The first-order chi connectivity index (χ1) is 10.5. The molecule has 10 nitrogen and oxygen atoms in total. The van der Waals surface area contributed by atoms with Gasteiger partial charge in [0.15, 0.2) is 12.6 Å². The molecule has 10 atom stereocenters. The first-order valence-corrected chi connectivity index (χ1v) is 7.03. The van der Waals surface area contributed by atoms with Crippen molar-refractivity contribution in [2.24, 2.45) is 0 Å². The highest BCUT2D eigenvalue weighted by atomic mass is 16.8. The monoisotopic (exact) mass is 324 g/mol. The van der Waals surface area contributed by atoms with E-state index in [1.165, 1.54) is 0 Å². The summed E-state index contributed by atoms with van der Waals surface area (Å²) in [7, 11) is 0. The molecule has 0 aromatic heterocycles. The van der Waals surface area contributed by atoms with Crippen molar-refractivity contribution in [3.05, 3.63) is 0 Å². The molecular weight excluding hydrogens is 304 g/mol. The molecule has 6 aliphatic heterocycles. The van der Waals surface area contributed by atoms with Crippen LogP contribution in [0.2, 0.25) is 0 Å². The fraction of sp³-hybridized carbons (Fsp3) is 1.00. The summed E-state index contributed by atoms with van der Waals surface area (Å²) in [6.45, 7) is -1.04. The lowest BCUT2D eigenvalue weighted by atomic mass is 9.94. The predicted molar refractivity (Wildman–Crippen MR) is 65.3 cm³/mol. The lowest BCUT2D eigenvalue weighted by Gasteiger charge is -2.50. The Hall–Kier alpha value is -0.400. The summed E-state index contributed by atoms with van der Waals surface area (Å²) in [5, 5.41) is 58.9. The third-order valence-electron chi connectivity index (χ3n) is 4.22. The summed E-state index contributed by atoms with van der Waals surface area (Å²) in [5.74, 6) is 0. The van der Waals surface area contributed by atoms with Crippen LogP contribution in [0.25, 0.3) is 0 Å². The minimum Gasteiger partial charge on any atom is -0.394 e. The van der Waals surface area contributed by atoms with Crippen LogP contribution in [0.5, 0.6) is 0 Å². The number of hydrogen-bond donors (Lipinski definition) is 6. The van der Waals surface area contributed by atoms with Crippen LogP contribution in [0.15, 0.2) is 0 Å². The van der Waals surface area contributed by atoms with Gasteiger partial charge in [0.25, 0.3) is 0 Å². The van der Waals surface area contributed by atoms with Gasteiger partial charge in [-0.15, -0.1) is 0 Å². The number of rotatable bonds is 2. The average molecular weight is 324 g/mol. The molecule has 0 aromatic rings. The van der Waals surface area contributed by atoms with Gasteiger partial charge in [0.05, 0.1) is 13.2 Å². The molecule has 6 fully saturated rings. The first-order valence-electron chi connectivity index (χ1n) is 7.03. The Kier molecular flexibility index (Phi) is 4.67. The van der Waals surface area contributed by atoms with E-state index >= 15 is 0 Å². The lowest BCUT2D eigenvalue weighted by Crippen LogP contribution is -2.69. The van der Waals surface area contributed by atoms with Gasteiger partial charge < -0.3 is 49.6 Å². The smallest absolute Gasteiger partial charge is 0.187 e. The van der Waals surface area contributed by atoms with Crippen LogP contribution in [0.1, 0.15) is 0 Å². The van der Waals surface area contributed by atoms with Gasteiger partial charge in [-0.1, -0.05) is 0 Å². The van der Waals surface area contributed by atoms with E-state index in [2.05, 4.69) is 0 Å². The summed E-state index contributed by atoms with van der Waals surface area (Å²) >= 11 is 0. The second-order valence-electron chi connectivity index (χ2n) is 5.61. The minimum atomic E-state index is -1.49. The molecule has 6 saturated heterocycles. The highest BCUT2D eigenvalue weighted by Crippen LogP contribution is 2.34. The molecule has 6 rings (SSSR count). The maximum atomic E-state index is 10.1. The van der Waals surface area contributed by atoms with E-state index in [0.29, 0.717) is 0 Å². The third kappa shape index (κ3) is 2.55. The second-order valence-corrected chi connectivity index (χ2v) is 5.61. The van der Waals surface area contributed by atoms with Crippen LogP contribution in [-0.4, -0.2) is 105 Å². The van der Waals surface area contributed by atoms with E-state index in [4.69, 9.17) is 18.9 Å². The van der Waals surface area contributed by atoms with Crippen molar-refractivity contribution in [2.75, 3.05) is 13.2 Å². The Morgan fingerprint density at radius 3 is 1.23 bits per heavy atom. The molecule has 0 saturated carbocycles. The molecule has 0 aromatic carbocycles. The zero-order valence-electron chi connectivity index (χ0n) is 11.5. The van der Waals surface area contributed by atoms with Gasteiger partial charge in [0.2, 0.25) is 0 Å². The van der Waals surface area contributed by atoms with Gasteiger partial charge in [-0.2, -0.15) is 0 Å². The molecule has 22 heavy (non-hydrogen) atoms. The molecule has 6 heterocycles. The van der Waals surface area contributed by atoms with E-state index < -0.39 is 74.6 Å². The normalized spacial score (nSPS) is 55.4. The van der Waals surface area contributed by atoms with Gasteiger partial charge in [0.1, 0.15) is 48.8 Å². The SMILES string of the molecule is OCC1OC2OC3C(CO)OC(OC1C(O)C2O)C(O)C3O. The van der Waals surface area contributed by atoms with Gasteiger partial charge >= 0.3 is 0 Å². The molecule has 10 unspecified atom stereocenters. The van der Waals surface area contributed by atoms with Crippen LogP contribution in [0.3, 0.4) is 0 Å². The van der Waals surface area contributed by atoms with Crippen molar-refractivity contribution < 1.29 is 49.6 Å². The van der Waals surface area contributed by atoms with Crippen LogP contribution in [-0.2, 0) is 18.9 Å². The predicted octanol–water partition coefficient (Wildman–Crippen LogP) is -4.35. The van der Waals surface area contributed by atoms with Gasteiger partial charge in [-0.25, -0.2) is 0 Å². The van der Waals surface area contributed by atoms with Crippen molar-refractivity contribution in [3.8, 4) is 0 Å². The molecule has 0 aliphatic carbocycles. The quantitative estimate of drug-likeness (QED) is 0.293. The summed E-state index contributed by atoms with van der Waals surface area (Å²) < 4.78 is 21.5. The van der Waals surface area contributed by atoms with Crippen molar-refractivity contribution in [1.29, 1.82) is 0 Å². The van der Waals surface area contributed by atoms with Crippen LogP contribution in [0, 0.1) is 0 Å². The van der Waals surface area contributed by atoms with Crippen LogP contribution >= 0.6 is 0 Å². The van der Waals surface area contributed by atoms with Crippen molar-refractivity contribution in [3.63, 3.8) is 0 Å². The maximum Gasteiger partial charge on any atom is 0.187 e. The van der Waals surface area contributed by atoms with E-state index in [-0.39, 0.29) is 0 Å². The largest absolute Gasteiger partial charge is 0.394 e. The van der Waals surface area contributed by atoms with Gasteiger partial charge in [-0.05, 0) is 0 Å². The van der Waals surface area contributed by atoms with Crippen molar-refractivity contribution >= 4 is 0 Å². The molecular formula is C12H20O10. The third-order valence-corrected chi connectivity index (χ3v) is 4.22. The average Bonchev–Trinajstić information content (AvgIpc) is 2.53. The number of hydrogen-bond acceptors (Lipinski definition) is 10. The van der Waals surface area contributed by atoms with E-state index in [1.54, 1.807) is 0 Å². The summed E-state index contributed by atoms with van der Waals surface area (Å²) in [5.41, 5.74) is 0. The van der Waals surface area contributed by atoms with Gasteiger partial charge in [0, 0.05) is 0 Å². The fourth-order valence-corrected chi connectivity index (χ4v) is 2.98. The van der Waals surface area contributed by atoms with Crippen LogP contribution < -0.4 is 0 Å². The van der Waals surface area contributed by atoms with E-state index in [1.807, 2.05) is 0 Å². The summed E-state index contributed by atoms with van der Waals surface area (Å²) in [6, 6.07) is 0. The molecule has 0 radical (unpaired) electrons. The molecule has 4 bridgehead atoms. The minimum absolute atomic E-state index is 0.520. The van der Waals surface area contributed by atoms with Gasteiger partial charge in [-0.3, -0.25) is 0 Å². The topological polar surface area (TPSA) is 158 Å². The number of ether oxygens (including phenoxy) is 4. The Balaban J connectivity index is 1.95. The fourth-order valence-electron chi connectivity index (χ4n) is 2.98. The Morgan fingerprint density at radius 2 is 0.909 bits per heavy atom. The molecule has 0 spiro atoms. The number of aliphatic hydroxyl groups excluding tert-OH is 6. The second kappa shape index (κ2) is 6.24. The Labute approximate surface area is 125 Å². The van der Waals surface area contributed by atoms with E-state index in [0.717, 1.165) is 0 Å². The molecule has 6 N–H and O–H groups in total. The highest BCUT2D eigenvalue weighted by Gasteiger charge is 2.55. The summed E-state index contributed by atoms with van der Waals surface area (Å²) in [6.07, 6.45) is -13.1. The van der Waals surface area contributed by atoms with Crippen LogP contribution in [0.4, 0.5) is 0 Å². The van der Waals surface area contributed by atoms with E-state index in [9.17, 15) is 30.6 Å². The first kappa shape index (κ1) is 16.5. The maximum absolute atomic E-state index is 10.1. The number of aliphatic hydroxyl groups is 6. The Morgan fingerprint density at radius 1 is 0.545 bits per heavy atom. The van der Waals surface area contributed by atoms with Crippen molar-refractivity contribution in [2.45, 2.75) is 61.4 Å². The molecule has 0 amide bonds. The Bertz CT molecular complexity index is 354. The molecule has 10 heteroatoms. The zero-order chi connectivity index (χ0) is 16.0. The lowest BCUT2D eigenvalue weighted by molar-refractivity contribution is -0.404. The molecule has 6 aliphatic rings. The summed E-state index contributed by atoms with van der Waals surface area (Å²) in [4.78, 5) is 0. The zero-order valence-corrected chi connectivity index (χ0v) is 11.5. The standard InChI is InChI=1S/C12H20O10/c13-1-3-9-5(15)7(17)11(19-3)22-10-4(2-14)20-12(21-9)8(18)6(10)16/h3-18H,1-2H2. The molecule has 128 valence electrons. The van der Waals surface area contributed by atoms with Crippen molar-refractivity contribution in [1.82, 2.24) is 0 Å².